The lowest BCUT2D eigenvalue weighted by atomic mass is 9.91. The van der Waals surface area contributed by atoms with E-state index in [0.717, 1.165) is 0 Å². The predicted molar refractivity (Wildman–Crippen MR) is 102 cm³/mol. The Hall–Kier alpha value is -3.15. The van der Waals surface area contributed by atoms with Gasteiger partial charge in [-0.2, -0.15) is 0 Å². The summed E-state index contributed by atoms with van der Waals surface area (Å²) in [5, 5.41) is 12.8. The zero-order valence-corrected chi connectivity index (χ0v) is 15.3. The van der Waals surface area contributed by atoms with E-state index in [9.17, 15) is 19.5 Å². The molecule has 3 rings (SSSR count). The molecule has 1 heterocycles. The Morgan fingerprint density at radius 2 is 1.59 bits per heavy atom. The van der Waals surface area contributed by atoms with Crippen LogP contribution in [0.2, 0.25) is 0 Å². The minimum absolute atomic E-state index is 0.0144. The van der Waals surface area contributed by atoms with Crippen molar-refractivity contribution in [2.75, 3.05) is 10.0 Å². The summed E-state index contributed by atoms with van der Waals surface area (Å²) in [4.78, 5) is 37.2. The Kier molecular flexibility index (Phi) is 5.26. The first kappa shape index (κ1) is 18.6. The van der Waals surface area contributed by atoms with E-state index in [0.29, 0.717) is 17.8 Å². The van der Waals surface area contributed by atoms with Gasteiger partial charge < -0.3 is 9.90 Å². The molecule has 0 spiro atoms. The third kappa shape index (κ3) is 3.69. The number of benzene rings is 2. The maximum Gasteiger partial charge on any atom is 0.251 e. The van der Waals surface area contributed by atoms with Crippen LogP contribution in [-0.4, -0.2) is 28.6 Å². The summed E-state index contributed by atoms with van der Waals surface area (Å²) in [6, 6.07) is 14.8. The van der Waals surface area contributed by atoms with Gasteiger partial charge in [-0.15, -0.1) is 0 Å². The molecule has 1 amide bonds. The van der Waals surface area contributed by atoms with Gasteiger partial charge in [0.2, 0.25) is 0 Å². The van der Waals surface area contributed by atoms with Crippen LogP contribution in [0.3, 0.4) is 0 Å². The monoisotopic (exact) mass is 366 g/mol. The number of ketones is 2. The van der Waals surface area contributed by atoms with E-state index < -0.39 is 12.0 Å². The molecule has 0 bridgehead atoms. The highest BCUT2D eigenvalue weighted by Crippen LogP contribution is 2.38. The van der Waals surface area contributed by atoms with Crippen molar-refractivity contribution in [3.05, 3.63) is 54.6 Å². The van der Waals surface area contributed by atoms with E-state index in [-0.39, 0.29) is 29.6 Å². The molecule has 0 aliphatic carbocycles. The molecule has 2 aromatic rings. The molecule has 1 aliphatic rings. The number of phenolic OH excluding ortho intramolecular Hbond substituents is 1. The Balaban J connectivity index is 2.10. The number of Topliss-reactive ketones (excluding diaryl/α,β-unsaturated/α-hetero) is 2. The average Bonchev–Trinajstić information content (AvgIpc) is 2.94. The van der Waals surface area contributed by atoms with E-state index in [1.165, 1.54) is 31.0 Å². The number of rotatable bonds is 6. The van der Waals surface area contributed by atoms with E-state index in [1.54, 1.807) is 29.3 Å². The van der Waals surface area contributed by atoms with E-state index in [2.05, 4.69) is 0 Å². The predicted octanol–water partition coefficient (Wildman–Crippen LogP) is 3.10. The van der Waals surface area contributed by atoms with Gasteiger partial charge in [0.05, 0.1) is 17.3 Å². The number of hydrazine groups is 1. The van der Waals surface area contributed by atoms with Gasteiger partial charge in [0.25, 0.3) is 5.91 Å². The molecule has 2 unspecified atom stereocenters. The number of nitrogens with zero attached hydrogens (tertiary/aromatic N) is 2. The second-order valence-electron chi connectivity index (χ2n) is 6.75. The lowest BCUT2D eigenvalue weighted by molar-refractivity contribution is -0.125. The largest absolute Gasteiger partial charge is 0.508 e. The fraction of sp³-hybridized carbons (Fsp3) is 0.286. The summed E-state index contributed by atoms with van der Waals surface area (Å²) in [7, 11) is 0. The van der Waals surface area contributed by atoms with Crippen LogP contribution in [0.15, 0.2) is 54.6 Å². The average molecular weight is 366 g/mol. The minimum Gasteiger partial charge on any atom is -0.508 e. The molecule has 1 aliphatic heterocycles. The number of hydrogen-bond donors (Lipinski definition) is 1. The number of para-hydroxylation sites is 1. The van der Waals surface area contributed by atoms with Crippen LogP contribution >= 0.6 is 0 Å². The molecule has 140 valence electrons. The standard InChI is InChI=1S/C21H22N2O4/c1-14(24)8-13-19-20(15(2)25)22(17-9-11-18(26)12-10-17)23(21(19)27)16-6-4-3-5-7-16/h3-7,9-12,19-20,26H,8,13H2,1-2H3. The minimum atomic E-state index is -0.707. The van der Waals surface area contributed by atoms with Gasteiger partial charge in [0.15, 0.2) is 5.78 Å². The lowest BCUT2D eigenvalue weighted by Gasteiger charge is -2.33. The second kappa shape index (κ2) is 7.61. The maximum absolute atomic E-state index is 13.3. The van der Waals surface area contributed by atoms with Gasteiger partial charge in [0, 0.05) is 6.42 Å². The zero-order valence-electron chi connectivity index (χ0n) is 15.3. The fourth-order valence-electron chi connectivity index (χ4n) is 3.49. The highest BCUT2D eigenvalue weighted by molar-refractivity contribution is 6.07. The molecule has 1 fully saturated rings. The molecule has 1 saturated heterocycles. The van der Waals surface area contributed by atoms with Crippen LogP contribution in [0.1, 0.15) is 26.7 Å². The third-order valence-electron chi connectivity index (χ3n) is 4.72. The van der Waals surface area contributed by atoms with Crippen molar-refractivity contribution in [3.63, 3.8) is 0 Å². The summed E-state index contributed by atoms with van der Waals surface area (Å²) >= 11 is 0. The van der Waals surface area contributed by atoms with Crippen molar-refractivity contribution in [2.24, 2.45) is 5.92 Å². The molecule has 2 atom stereocenters. The summed E-state index contributed by atoms with van der Waals surface area (Å²) in [6.07, 6.45) is 0.558. The topological polar surface area (TPSA) is 77.9 Å². The van der Waals surface area contributed by atoms with Crippen LogP contribution < -0.4 is 10.0 Å². The first-order valence-corrected chi connectivity index (χ1v) is 8.87. The molecule has 0 radical (unpaired) electrons. The van der Waals surface area contributed by atoms with E-state index in [4.69, 9.17) is 0 Å². The van der Waals surface area contributed by atoms with Crippen LogP contribution in [-0.2, 0) is 14.4 Å². The number of carbonyl (C=O) groups excluding carboxylic acids is 3. The molecule has 2 aromatic carbocycles. The van der Waals surface area contributed by atoms with Gasteiger partial charge in [0.1, 0.15) is 17.6 Å². The summed E-state index contributed by atoms with van der Waals surface area (Å²) in [6.45, 7) is 2.94. The van der Waals surface area contributed by atoms with Gasteiger partial charge in [-0.05, 0) is 56.7 Å². The Labute approximate surface area is 158 Å². The fourth-order valence-corrected chi connectivity index (χ4v) is 3.49. The SMILES string of the molecule is CC(=O)CCC1C(=O)N(c2ccccc2)N(c2ccc(O)cc2)C1C(C)=O. The maximum atomic E-state index is 13.3. The summed E-state index contributed by atoms with van der Waals surface area (Å²) in [5.74, 6) is -0.887. The molecule has 6 nitrogen and oxygen atoms in total. The number of hydrogen-bond acceptors (Lipinski definition) is 5. The van der Waals surface area contributed by atoms with Crippen molar-refractivity contribution >= 4 is 28.8 Å². The van der Waals surface area contributed by atoms with Gasteiger partial charge in [-0.3, -0.25) is 14.6 Å². The van der Waals surface area contributed by atoms with E-state index in [1.807, 2.05) is 18.2 Å². The Morgan fingerprint density at radius 1 is 0.963 bits per heavy atom. The number of anilines is 2. The lowest BCUT2D eigenvalue weighted by Crippen LogP contribution is -2.46. The van der Waals surface area contributed by atoms with Gasteiger partial charge in [-0.1, -0.05) is 18.2 Å². The molecule has 0 saturated carbocycles. The van der Waals surface area contributed by atoms with Crippen LogP contribution in [0, 0.1) is 5.92 Å². The molecular weight excluding hydrogens is 344 g/mol. The number of aromatic hydroxyl groups is 1. The molecule has 0 aromatic heterocycles. The number of phenols is 1. The molecule has 27 heavy (non-hydrogen) atoms. The van der Waals surface area contributed by atoms with Crippen LogP contribution in [0.5, 0.6) is 5.75 Å². The Bertz CT molecular complexity index is 848. The number of carbonyl (C=O) groups is 3. The quantitative estimate of drug-likeness (QED) is 0.850. The second-order valence-corrected chi connectivity index (χ2v) is 6.75. The summed E-state index contributed by atoms with van der Waals surface area (Å²) < 4.78 is 0. The number of amides is 1. The molecular formula is C21H22N2O4. The van der Waals surface area contributed by atoms with Crippen molar-refractivity contribution in [3.8, 4) is 5.75 Å². The Morgan fingerprint density at radius 3 is 2.15 bits per heavy atom. The first-order chi connectivity index (χ1) is 12.9. The van der Waals surface area contributed by atoms with Gasteiger partial charge in [-0.25, -0.2) is 5.01 Å². The summed E-state index contributed by atoms with van der Waals surface area (Å²) in [5.41, 5.74) is 1.27. The van der Waals surface area contributed by atoms with Crippen molar-refractivity contribution in [1.29, 1.82) is 0 Å². The molecule has 6 heteroatoms. The normalized spacial score (nSPS) is 19.4. The highest BCUT2D eigenvalue weighted by atomic mass is 16.3. The zero-order chi connectivity index (χ0) is 19.6. The highest BCUT2D eigenvalue weighted by Gasteiger charge is 2.49. The van der Waals surface area contributed by atoms with Crippen molar-refractivity contribution in [1.82, 2.24) is 0 Å². The van der Waals surface area contributed by atoms with Crippen molar-refractivity contribution < 1.29 is 19.5 Å². The van der Waals surface area contributed by atoms with Gasteiger partial charge >= 0.3 is 0 Å². The van der Waals surface area contributed by atoms with E-state index >= 15 is 0 Å². The molecule has 1 N–H and O–H groups in total. The smallest absolute Gasteiger partial charge is 0.251 e. The van der Waals surface area contributed by atoms with Crippen LogP contribution in [0.4, 0.5) is 11.4 Å². The third-order valence-corrected chi connectivity index (χ3v) is 4.72. The first-order valence-electron chi connectivity index (χ1n) is 8.87. The van der Waals surface area contributed by atoms with Crippen LogP contribution in [0.25, 0.3) is 0 Å². The van der Waals surface area contributed by atoms with Crippen molar-refractivity contribution in [2.45, 2.75) is 32.7 Å².